The SMILES string of the molecule is Cc1cc(CN2C(=O)NC3(CCCCc4ccccc43)C2=O)on1. The Hall–Kier alpha value is -2.63. The summed E-state index contributed by atoms with van der Waals surface area (Å²) in [5.74, 6) is 0.311. The smallest absolute Gasteiger partial charge is 0.325 e. The largest absolute Gasteiger partial charge is 0.359 e. The summed E-state index contributed by atoms with van der Waals surface area (Å²) in [4.78, 5) is 27.0. The Kier molecular flexibility index (Phi) is 3.40. The minimum absolute atomic E-state index is 0.107. The van der Waals surface area contributed by atoms with E-state index in [-0.39, 0.29) is 18.5 Å². The second-order valence-electron chi connectivity index (χ2n) is 6.53. The van der Waals surface area contributed by atoms with Crippen LogP contribution in [0.25, 0.3) is 0 Å². The molecule has 1 saturated heterocycles. The molecule has 124 valence electrons. The summed E-state index contributed by atoms with van der Waals surface area (Å²) in [6, 6.07) is 9.28. The number of aryl methyl sites for hydroxylation is 2. The van der Waals surface area contributed by atoms with E-state index in [0.29, 0.717) is 12.2 Å². The molecule has 1 aromatic heterocycles. The summed E-state index contributed by atoms with van der Waals surface area (Å²) >= 11 is 0. The number of carbonyl (C=O) groups is 2. The summed E-state index contributed by atoms with van der Waals surface area (Å²) < 4.78 is 5.17. The number of nitrogens with zero attached hydrogens (tertiary/aromatic N) is 2. The second-order valence-corrected chi connectivity index (χ2v) is 6.53. The van der Waals surface area contributed by atoms with E-state index >= 15 is 0 Å². The van der Waals surface area contributed by atoms with Crippen LogP contribution >= 0.6 is 0 Å². The maximum absolute atomic E-state index is 13.2. The van der Waals surface area contributed by atoms with Crippen LogP contribution in [0.4, 0.5) is 4.79 Å². The average molecular weight is 325 g/mol. The Labute approximate surface area is 139 Å². The number of carbonyl (C=O) groups excluding carboxylic acids is 2. The van der Waals surface area contributed by atoms with Gasteiger partial charge >= 0.3 is 6.03 Å². The van der Waals surface area contributed by atoms with Crippen LogP contribution in [-0.4, -0.2) is 22.0 Å². The van der Waals surface area contributed by atoms with Crippen LogP contribution in [0.15, 0.2) is 34.9 Å². The van der Waals surface area contributed by atoms with Crippen molar-refractivity contribution < 1.29 is 14.1 Å². The Bertz CT molecular complexity index is 813. The highest BCUT2D eigenvalue weighted by Gasteiger charge is 2.53. The number of rotatable bonds is 2. The fraction of sp³-hybridized carbons (Fsp3) is 0.389. The Morgan fingerprint density at radius 3 is 2.92 bits per heavy atom. The minimum atomic E-state index is -0.945. The second kappa shape index (κ2) is 5.47. The minimum Gasteiger partial charge on any atom is -0.359 e. The molecule has 1 aliphatic heterocycles. The van der Waals surface area contributed by atoms with Crippen molar-refractivity contribution in [2.24, 2.45) is 0 Å². The molecule has 2 aromatic rings. The summed E-state index contributed by atoms with van der Waals surface area (Å²) in [6.45, 7) is 1.91. The van der Waals surface area contributed by atoms with E-state index < -0.39 is 5.54 Å². The van der Waals surface area contributed by atoms with Crippen molar-refractivity contribution >= 4 is 11.9 Å². The first-order chi connectivity index (χ1) is 11.6. The van der Waals surface area contributed by atoms with Gasteiger partial charge in [-0.3, -0.25) is 9.69 Å². The van der Waals surface area contributed by atoms with Crippen LogP contribution in [0.3, 0.4) is 0 Å². The van der Waals surface area contributed by atoms with Crippen LogP contribution < -0.4 is 5.32 Å². The maximum Gasteiger partial charge on any atom is 0.325 e. The van der Waals surface area contributed by atoms with Crippen LogP contribution in [0.2, 0.25) is 0 Å². The molecule has 4 rings (SSSR count). The number of benzene rings is 1. The third-order valence-electron chi connectivity index (χ3n) is 4.89. The van der Waals surface area contributed by atoms with Gasteiger partial charge in [0.2, 0.25) is 0 Å². The van der Waals surface area contributed by atoms with Crippen molar-refractivity contribution in [1.29, 1.82) is 0 Å². The van der Waals surface area contributed by atoms with Gasteiger partial charge in [-0.15, -0.1) is 0 Å². The summed E-state index contributed by atoms with van der Waals surface area (Å²) in [7, 11) is 0. The lowest BCUT2D eigenvalue weighted by Gasteiger charge is -2.27. The van der Waals surface area contributed by atoms with Crippen LogP contribution in [0, 0.1) is 6.92 Å². The van der Waals surface area contributed by atoms with Gasteiger partial charge in [0.05, 0.1) is 12.2 Å². The highest BCUT2D eigenvalue weighted by molar-refractivity contribution is 6.07. The molecule has 24 heavy (non-hydrogen) atoms. The lowest BCUT2D eigenvalue weighted by Crippen LogP contribution is -2.44. The van der Waals surface area contributed by atoms with Crippen LogP contribution in [0.5, 0.6) is 0 Å². The molecule has 0 radical (unpaired) electrons. The predicted octanol–water partition coefficient (Wildman–Crippen LogP) is 2.66. The van der Waals surface area contributed by atoms with Gasteiger partial charge in [0, 0.05) is 6.07 Å². The van der Waals surface area contributed by atoms with E-state index in [1.54, 1.807) is 6.07 Å². The zero-order valence-corrected chi connectivity index (χ0v) is 13.5. The van der Waals surface area contributed by atoms with Gasteiger partial charge in [-0.05, 0) is 43.7 Å². The molecule has 1 N–H and O–H groups in total. The average Bonchev–Trinajstić information content (AvgIpc) is 3.01. The van der Waals surface area contributed by atoms with E-state index in [1.807, 2.05) is 31.2 Å². The van der Waals surface area contributed by atoms with Crippen LogP contribution in [-0.2, 0) is 23.3 Å². The van der Waals surface area contributed by atoms with Crippen molar-refractivity contribution in [3.63, 3.8) is 0 Å². The number of urea groups is 1. The topological polar surface area (TPSA) is 75.4 Å². The Balaban J connectivity index is 1.72. The normalized spacial score (nSPS) is 23.3. The molecule has 1 aliphatic carbocycles. The molecule has 6 nitrogen and oxygen atoms in total. The predicted molar refractivity (Wildman–Crippen MR) is 86.0 cm³/mol. The molecule has 1 aromatic carbocycles. The van der Waals surface area contributed by atoms with E-state index in [9.17, 15) is 9.59 Å². The number of nitrogens with one attached hydrogen (secondary N) is 1. The zero-order chi connectivity index (χ0) is 16.7. The fourth-order valence-corrected chi connectivity index (χ4v) is 3.76. The molecule has 1 spiro atoms. The molecule has 1 atom stereocenters. The number of fused-ring (bicyclic) bond motifs is 2. The number of aromatic nitrogens is 1. The summed E-state index contributed by atoms with van der Waals surface area (Å²) in [6.07, 6.45) is 3.47. The number of amides is 3. The van der Waals surface area contributed by atoms with Gasteiger partial charge in [0.25, 0.3) is 5.91 Å². The van der Waals surface area contributed by atoms with Crippen molar-refractivity contribution in [3.8, 4) is 0 Å². The maximum atomic E-state index is 13.2. The first kappa shape index (κ1) is 14.9. The molecule has 0 saturated carbocycles. The molecule has 6 heteroatoms. The van der Waals surface area contributed by atoms with Crippen molar-refractivity contribution in [3.05, 3.63) is 52.9 Å². The Morgan fingerprint density at radius 1 is 1.29 bits per heavy atom. The van der Waals surface area contributed by atoms with Crippen LogP contribution in [0.1, 0.15) is 41.8 Å². The lowest BCUT2D eigenvalue weighted by atomic mass is 9.84. The van der Waals surface area contributed by atoms with E-state index in [4.69, 9.17) is 4.52 Å². The van der Waals surface area contributed by atoms with Crippen molar-refractivity contribution in [2.75, 3.05) is 0 Å². The van der Waals surface area contributed by atoms with E-state index in [1.165, 1.54) is 4.90 Å². The highest BCUT2D eigenvalue weighted by atomic mass is 16.5. The molecule has 2 aliphatic rings. The van der Waals surface area contributed by atoms with Crippen molar-refractivity contribution in [1.82, 2.24) is 15.4 Å². The monoisotopic (exact) mass is 325 g/mol. The first-order valence-electron chi connectivity index (χ1n) is 8.25. The molecule has 1 unspecified atom stereocenters. The molecule has 2 heterocycles. The summed E-state index contributed by atoms with van der Waals surface area (Å²) in [5.41, 5.74) is 1.85. The molecule has 0 bridgehead atoms. The van der Waals surface area contributed by atoms with Gasteiger partial charge in [-0.2, -0.15) is 0 Å². The van der Waals surface area contributed by atoms with Gasteiger partial charge in [-0.25, -0.2) is 4.79 Å². The number of hydrogen-bond acceptors (Lipinski definition) is 4. The van der Waals surface area contributed by atoms with Gasteiger partial charge < -0.3 is 9.84 Å². The third-order valence-corrected chi connectivity index (χ3v) is 4.89. The van der Waals surface area contributed by atoms with Crippen molar-refractivity contribution in [2.45, 2.75) is 44.7 Å². The third kappa shape index (κ3) is 2.21. The first-order valence-corrected chi connectivity index (χ1v) is 8.25. The quantitative estimate of drug-likeness (QED) is 0.861. The number of imide groups is 1. The fourth-order valence-electron chi connectivity index (χ4n) is 3.76. The van der Waals surface area contributed by atoms with Gasteiger partial charge in [0.1, 0.15) is 5.54 Å². The van der Waals surface area contributed by atoms with E-state index in [0.717, 1.165) is 36.1 Å². The standard InChI is InChI=1S/C18H19N3O3/c1-12-10-14(24-20-12)11-21-16(22)18(19-17(21)23)9-5-4-7-13-6-2-3-8-15(13)18/h2-3,6,8,10H,4-5,7,9,11H2,1H3,(H,19,23). The van der Waals surface area contributed by atoms with E-state index in [2.05, 4.69) is 10.5 Å². The molecule has 1 fully saturated rings. The lowest BCUT2D eigenvalue weighted by molar-refractivity contribution is -0.132. The Morgan fingerprint density at radius 2 is 2.12 bits per heavy atom. The highest BCUT2D eigenvalue weighted by Crippen LogP contribution is 2.39. The molecule has 3 amide bonds. The molecular weight excluding hydrogens is 306 g/mol. The van der Waals surface area contributed by atoms with Gasteiger partial charge in [-0.1, -0.05) is 29.4 Å². The zero-order valence-electron chi connectivity index (χ0n) is 13.5. The summed E-state index contributed by atoms with van der Waals surface area (Å²) in [5, 5.41) is 6.79. The molecular formula is C18H19N3O3. The number of hydrogen-bond donors (Lipinski definition) is 1. The van der Waals surface area contributed by atoms with Gasteiger partial charge in [0.15, 0.2) is 5.76 Å².